The number of ether oxygens (including phenoxy) is 2. The third-order valence-electron chi connectivity index (χ3n) is 4.96. The highest BCUT2D eigenvalue weighted by molar-refractivity contribution is 5.78. The van der Waals surface area contributed by atoms with Gasteiger partial charge in [-0.25, -0.2) is 0 Å². The zero-order valence-corrected chi connectivity index (χ0v) is 11.5. The molecule has 0 radical (unpaired) electrons. The largest absolute Gasteiger partial charge is 0.344 e. The Balaban J connectivity index is 1.90. The molecular formula is C18H18O2. The first-order valence-electron chi connectivity index (χ1n) is 7.34. The van der Waals surface area contributed by atoms with Crippen LogP contribution in [0.5, 0.6) is 0 Å². The molecular weight excluding hydrogens is 248 g/mol. The van der Waals surface area contributed by atoms with Gasteiger partial charge in [0.25, 0.3) is 0 Å². The van der Waals surface area contributed by atoms with Gasteiger partial charge < -0.3 is 9.47 Å². The van der Waals surface area contributed by atoms with Crippen LogP contribution in [0.1, 0.15) is 30.4 Å². The summed E-state index contributed by atoms with van der Waals surface area (Å²) in [7, 11) is 0. The van der Waals surface area contributed by atoms with E-state index < -0.39 is 5.79 Å². The molecule has 1 heterocycles. The van der Waals surface area contributed by atoms with Gasteiger partial charge in [-0.2, -0.15) is 0 Å². The third kappa shape index (κ3) is 1.60. The van der Waals surface area contributed by atoms with E-state index in [2.05, 4.69) is 36.3 Å². The maximum absolute atomic E-state index is 5.92. The van der Waals surface area contributed by atoms with E-state index in [1.54, 1.807) is 0 Å². The van der Waals surface area contributed by atoms with Gasteiger partial charge in [-0.15, -0.1) is 6.42 Å². The van der Waals surface area contributed by atoms with Gasteiger partial charge in [0.1, 0.15) is 0 Å². The normalized spacial score (nSPS) is 30.2. The fourth-order valence-corrected chi connectivity index (χ4v) is 3.82. The number of rotatable bonds is 0. The second kappa shape index (κ2) is 4.22. The quantitative estimate of drug-likeness (QED) is 0.671. The highest BCUT2D eigenvalue weighted by Crippen LogP contribution is 2.53. The molecule has 2 aliphatic carbocycles. The van der Waals surface area contributed by atoms with Crippen LogP contribution in [0, 0.1) is 17.8 Å². The highest BCUT2D eigenvalue weighted by Gasteiger charge is 2.47. The average Bonchev–Trinajstić information content (AvgIpc) is 2.96. The molecule has 1 saturated heterocycles. The first kappa shape index (κ1) is 12.2. The SMILES string of the molecule is C#CC12CCc3ccccc3C1=CC1(CC2)OCCO1. The molecule has 0 N–H and O–H groups in total. The minimum absolute atomic E-state index is 0.130. The van der Waals surface area contributed by atoms with Gasteiger partial charge in [-0.3, -0.25) is 0 Å². The van der Waals surface area contributed by atoms with Gasteiger partial charge in [-0.05, 0) is 42.0 Å². The molecule has 1 fully saturated rings. The smallest absolute Gasteiger partial charge is 0.188 e. The van der Waals surface area contributed by atoms with Crippen molar-refractivity contribution in [3.05, 3.63) is 41.5 Å². The number of hydrogen-bond acceptors (Lipinski definition) is 2. The molecule has 0 saturated carbocycles. The number of hydrogen-bond donors (Lipinski definition) is 0. The third-order valence-corrected chi connectivity index (χ3v) is 4.96. The Morgan fingerprint density at radius 2 is 1.85 bits per heavy atom. The van der Waals surface area contributed by atoms with Gasteiger partial charge in [0, 0.05) is 6.42 Å². The second-order valence-electron chi connectivity index (χ2n) is 5.95. The van der Waals surface area contributed by atoms with Crippen LogP contribution in [-0.4, -0.2) is 19.0 Å². The molecule has 102 valence electrons. The lowest BCUT2D eigenvalue weighted by molar-refractivity contribution is -0.128. The fraction of sp³-hybridized carbons (Fsp3) is 0.444. The lowest BCUT2D eigenvalue weighted by Gasteiger charge is -2.43. The first-order valence-corrected chi connectivity index (χ1v) is 7.34. The predicted octanol–water partition coefficient (Wildman–Crippen LogP) is 3.17. The fourth-order valence-electron chi connectivity index (χ4n) is 3.82. The van der Waals surface area contributed by atoms with Crippen molar-refractivity contribution in [2.24, 2.45) is 5.41 Å². The van der Waals surface area contributed by atoms with Crippen LogP contribution in [0.15, 0.2) is 30.3 Å². The van der Waals surface area contributed by atoms with Gasteiger partial charge in [0.05, 0.1) is 18.6 Å². The van der Waals surface area contributed by atoms with Crippen LogP contribution < -0.4 is 0 Å². The molecule has 0 aromatic heterocycles. The summed E-state index contributed by atoms with van der Waals surface area (Å²) in [6.07, 6.45) is 12.0. The summed E-state index contributed by atoms with van der Waals surface area (Å²) in [6.45, 7) is 1.35. The second-order valence-corrected chi connectivity index (χ2v) is 5.95. The van der Waals surface area contributed by atoms with E-state index in [-0.39, 0.29) is 5.41 Å². The van der Waals surface area contributed by atoms with E-state index in [0.29, 0.717) is 13.2 Å². The lowest BCUT2D eigenvalue weighted by atomic mass is 9.62. The number of fused-ring (bicyclic) bond motifs is 3. The van der Waals surface area contributed by atoms with Crippen LogP contribution in [0.3, 0.4) is 0 Å². The van der Waals surface area contributed by atoms with Crippen molar-refractivity contribution in [1.29, 1.82) is 0 Å². The molecule has 0 bridgehead atoms. The Morgan fingerprint density at radius 1 is 1.05 bits per heavy atom. The van der Waals surface area contributed by atoms with Crippen molar-refractivity contribution in [3.8, 4) is 12.3 Å². The van der Waals surface area contributed by atoms with Crippen LogP contribution in [0.4, 0.5) is 0 Å². The molecule has 1 aromatic carbocycles. The highest BCUT2D eigenvalue weighted by atomic mass is 16.7. The maximum atomic E-state index is 5.92. The maximum Gasteiger partial charge on any atom is 0.188 e. The minimum atomic E-state index is -0.528. The standard InChI is InChI=1S/C18H18O2/c1-2-17-8-7-14-5-3-4-6-15(14)16(17)13-18(10-9-17)19-11-12-20-18/h1,3-6,13H,7-12H2. The molecule has 2 nitrogen and oxygen atoms in total. The summed E-state index contributed by atoms with van der Waals surface area (Å²) in [5.74, 6) is 2.56. The average molecular weight is 266 g/mol. The van der Waals surface area contributed by atoms with E-state index in [1.165, 1.54) is 16.7 Å². The molecule has 20 heavy (non-hydrogen) atoms. The molecule has 3 aliphatic rings. The van der Waals surface area contributed by atoms with Gasteiger partial charge in [0.2, 0.25) is 0 Å². The molecule has 0 amide bonds. The summed E-state index contributed by atoms with van der Waals surface area (Å²) in [5.41, 5.74) is 3.79. The van der Waals surface area contributed by atoms with Crippen molar-refractivity contribution in [1.82, 2.24) is 0 Å². The Labute approximate surface area is 119 Å². The Bertz CT molecular complexity index is 617. The zero-order chi connectivity index (χ0) is 13.6. The van der Waals surface area contributed by atoms with Crippen molar-refractivity contribution in [2.75, 3.05) is 13.2 Å². The number of allylic oxidation sites excluding steroid dienone is 1. The Morgan fingerprint density at radius 3 is 2.65 bits per heavy atom. The van der Waals surface area contributed by atoms with Gasteiger partial charge in [0.15, 0.2) is 5.79 Å². The molecule has 1 aromatic rings. The van der Waals surface area contributed by atoms with E-state index >= 15 is 0 Å². The summed E-state index contributed by atoms with van der Waals surface area (Å²) in [5, 5.41) is 0. The lowest BCUT2D eigenvalue weighted by Crippen LogP contribution is -2.39. The molecule has 1 unspecified atom stereocenters. The number of benzene rings is 1. The van der Waals surface area contributed by atoms with Gasteiger partial charge in [-0.1, -0.05) is 30.2 Å². The number of aryl methyl sites for hydroxylation is 1. The van der Waals surface area contributed by atoms with Crippen LogP contribution in [0.25, 0.3) is 5.57 Å². The molecule has 4 rings (SSSR count). The summed E-state index contributed by atoms with van der Waals surface area (Å²) in [4.78, 5) is 0. The molecule has 2 heteroatoms. The molecule has 1 spiro atoms. The van der Waals surface area contributed by atoms with Crippen molar-refractivity contribution >= 4 is 5.57 Å². The summed E-state index contributed by atoms with van der Waals surface area (Å²) < 4.78 is 11.7. The molecule has 1 atom stereocenters. The van der Waals surface area contributed by atoms with Crippen molar-refractivity contribution in [3.63, 3.8) is 0 Å². The van der Waals surface area contributed by atoms with Crippen molar-refractivity contribution in [2.45, 2.75) is 31.5 Å². The minimum Gasteiger partial charge on any atom is -0.344 e. The Hall–Kier alpha value is -1.56. The monoisotopic (exact) mass is 266 g/mol. The summed E-state index contributed by atoms with van der Waals surface area (Å²) in [6, 6.07) is 8.57. The van der Waals surface area contributed by atoms with Crippen LogP contribution in [0.2, 0.25) is 0 Å². The van der Waals surface area contributed by atoms with Crippen LogP contribution >= 0.6 is 0 Å². The van der Waals surface area contributed by atoms with Crippen LogP contribution in [-0.2, 0) is 15.9 Å². The van der Waals surface area contributed by atoms with Gasteiger partial charge >= 0.3 is 0 Å². The summed E-state index contributed by atoms with van der Waals surface area (Å²) >= 11 is 0. The van der Waals surface area contributed by atoms with E-state index in [1.807, 2.05) is 0 Å². The molecule has 1 aliphatic heterocycles. The predicted molar refractivity (Wildman–Crippen MR) is 77.9 cm³/mol. The Kier molecular flexibility index (Phi) is 2.57. The van der Waals surface area contributed by atoms with E-state index in [0.717, 1.165) is 25.7 Å². The number of terminal acetylenes is 1. The zero-order valence-electron chi connectivity index (χ0n) is 11.5. The van der Waals surface area contributed by atoms with E-state index in [9.17, 15) is 0 Å². The first-order chi connectivity index (χ1) is 9.77. The van der Waals surface area contributed by atoms with Crippen molar-refractivity contribution < 1.29 is 9.47 Å². The topological polar surface area (TPSA) is 18.5 Å². The van der Waals surface area contributed by atoms with E-state index in [4.69, 9.17) is 15.9 Å².